The third kappa shape index (κ3) is 5.65. The number of nitrogens with two attached hydrogens (primary N) is 1. The van der Waals surface area contributed by atoms with Crippen LogP contribution < -0.4 is 11.1 Å². The average Bonchev–Trinajstić information content (AvgIpc) is 3.04. The fourth-order valence-electron chi connectivity index (χ4n) is 2.62. The minimum Gasteiger partial charge on any atom is -0.398 e. The largest absolute Gasteiger partial charge is 0.398 e. The molecule has 1 fully saturated rings. The summed E-state index contributed by atoms with van der Waals surface area (Å²) in [5, 5.41) is 13.9. The van der Waals surface area contributed by atoms with Gasteiger partial charge in [-0.25, -0.2) is 0 Å². The number of hydrogen-bond donors (Lipinski definition) is 2. The Bertz CT molecular complexity index is 479. The van der Waals surface area contributed by atoms with E-state index in [0.29, 0.717) is 23.2 Å². The molecule has 3 N–H and O–H groups in total. The van der Waals surface area contributed by atoms with Crippen molar-refractivity contribution in [3.05, 3.63) is 47.7 Å². The van der Waals surface area contributed by atoms with E-state index in [2.05, 4.69) is 24.5 Å². The molecule has 120 valence electrons. The van der Waals surface area contributed by atoms with Crippen LogP contribution >= 0.6 is 11.8 Å². The molecule has 0 aliphatic heterocycles. The van der Waals surface area contributed by atoms with E-state index < -0.39 is 0 Å². The maximum absolute atomic E-state index is 9.48. The lowest BCUT2D eigenvalue weighted by Crippen LogP contribution is -2.25. The second kappa shape index (κ2) is 10.2. The summed E-state index contributed by atoms with van der Waals surface area (Å²) in [5.41, 5.74) is 7.25. The van der Waals surface area contributed by atoms with E-state index in [-0.39, 0.29) is 0 Å². The second-order valence-electron chi connectivity index (χ2n) is 5.56. The summed E-state index contributed by atoms with van der Waals surface area (Å²) in [4.78, 5) is 0. The molecule has 0 bridgehead atoms. The van der Waals surface area contributed by atoms with Gasteiger partial charge in [-0.3, -0.25) is 0 Å². The summed E-state index contributed by atoms with van der Waals surface area (Å²) >= 11 is 1.56. The van der Waals surface area contributed by atoms with Crippen molar-refractivity contribution in [1.82, 2.24) is 5.32 Å². The Balaban J connectivity index is 2.84. The zero-order valence-corrected chi connectivity index (χ0v) is 14.3. The summed E-state index contributed by atoms with van der Waals surface area (Å²) < 4.78 is 0. The Hall–Kier alpha value is -1.60. The lowest BCUT2D eigenvalue weighted by molar-refractivity contribution is 0.600. The van der Waals surface area contributed by atoms with Gasteiger partial charge >= 0.3 is 0 Å². The third-order valence-electron chi connectivity index (χ3n) is 3.97. The summed E-state index contributed by atoms with van der Waals surface area (Å²) in [6, 6.07) is 2.73. The van der Waals surface area contributed by atoms with E-state index >= 15 is 0 Å². The highest BCUT2D eigenvalue weighted by Gasteiger charge is 2.18. The van der Waals surface area contributed by atoms with Crippen molar-refractivity contribution < 1.29 is 0 Å². The molecule has 0 aromatic heterocycles. The van der Waals surface area contributed by atoms with Crippen molar-refractivity contribution in [3.8, 4) is 6.07 Å². The van der Waals surface area contributed by atoms with E-state index in [9.17, 15) is 5.26 Å². The number of rotatable bonds is 9. The van der Waals surface area contributed by atoms with Crippen molar-refractivity contribution in [2.24, 2.45) is 11.7 Å². The van der Waals surface area contributed by atoms with E-state index in [1.54, 1.807) is 11.8 Å². The molecule has 0 heterocycles. The fourth-order valence-corrected chi connectivity index (χ4v) is 3.27. The van der Waals surface area contributed by atoms with Gasteiger partial charge in [-0.2, -0.15) is 5.26 Å². The molecule has 3 nitrogen and oxygen atoms in total. The number of thioether (sulfide) groups is 1. The summed E-state index contributed by atoms with van der Waals surface area (Å²) in [6.45, 7) is 7.58. The molecule has 0 saturated heterocycles. The molecule has 1 rings (SSSR count). The lowest BCUT2D eigenvalue weighted by atomic mass is 10.0. The maximum atomic E-state index is 9.48. The molecule has 1 atom stereocenters. The molecule has 0 spiro atoms. The van der Waals surface area contributed by atoms with Gasteiger partial charge in [0.15, 0.2) is 0 Å². The van der Waals surface area contributed by atoms with Gasteiger partial charge in [0.05, 0.1) is 5.03 Å². The van der Waals surface area contributed by atoms with Crippen LogP contribution in [0.5, 0.6) is 0 Å². The Morgan fingerprint density at radius 1 is 1.41 bits per heavy atom. The van der Waals surface area contributed by atoms with Crippen LogP contribution in [0.3, 0.4) is 0 Å². The van der Waals surface area contributed by atoms with Crippen LogP contribution in [0, 0.1) is 17.2 Å². The van der Waals surface area contributed by atoms with E-state index in [4.69, 9.17) is 5.73 Å². The van der Waals surface area contributed by atoms with Crippen LogP contribution in [0.25, 0.3) is 0 Å². The van der Waals surface area contributed by atoms with Crippen LogP contribution in [0.4, 0.5) is 0 Å². The molecule has 1 saturated carbocycles. The molecular weight excluding hydrogens is 290 g/mol. The highest BCUT2D eigenvalue weighted by molar-refractivity contribution is 8.02. The van der Waals surface area contributed by atoms with Crippen molar-refractivity contribution in [2.45, 2.75) is 44.6 Å². The SMILES string of the molecule is C=CCC(C=C)C/C=C(N)/C(C#N)=C(/NC1CCCC1)SC. The van der Waals surface area contributed by atoms with Crippen molar-refractivity contribution >= 4 is 11.8 Å². The molecule has 1 aliphatic rings. The Morgan fingerprint density at radius 2 is 2.09 bits per heavy atom. The number of nitrogens with one attached hydrogen (secondary N) is 1. The first-order valence-electron chi connectivity index (χ1n) is 7.80. The van der Waals surface area contributed by atoms with Crippen molar-refractivity contribution in [1.29, 1.82) is 5.26 Å². The molecule has 22 heavy (non-hydrogen) atoms. The van der Waals surface area contributed by atoms with E-state index in [1.807, 2.05) is 24.5 Å². The van der Waals surface area contributed by atoms with Gasteiger partial charge in [-0.1, -0.05) is 31.1 Å². The van der Waals surface area contributed by atoms with Gasteiger partial charge in [0.25, 0.3) is 0 Å². The first-order valence-corrected chi connectivity index (χ1v) is 9.03. The second-order valence-corrected chi connectivity index (χ2v) is 6.38. The number of nitrogens with zero attached hydrogens (tertiary/aromatic N) is 1. The monoisotopic (exact) mass is 317 g/mol. The zero-order chi connectivity index (χ0) is 16.4. The molecule has 4 heteroatoms. The Kier molecular flexibility index (Phi) is 8.54. The van der Waals surface area contributed by atoms with E-state index in [0.717, 1.165) is 17.9 Å². The van der Waals surface area contributed by atoms with Crippen LogP contribution in [-0.4, -0.2) is 12.3 Å². The highest BCUT2D eigenvalue weighted by atomic mass is 32.2. The van der Waals surface area contributed by atoms with Crippen molar-refractivity contribution in [2.75, 3.05) is 6.26 Å². The number of hydrogen-bond acceptors (Lipinski definition) is 4. The third-order valence-corrected chi connectivity index (χ3v) is 4.70. The highest BCUT2D eigenvalue weighted by Crippen LogP contribution is 2.24. The lowest BCUT2D eigenvalue weighted by Gasteiger charge is -2.17. The minimum atomic E-state index is 0.316. The molecule has 1 aliphatic carbocycles. The topological polar surface area (TPSA) is 61.8 Å². The minimum absolute atomic E-state index is 0.316. The first-order chi connectivity index (χ1) is 10.7. The molecule has 1 unspecified atom stereocenters. The van der Waals surface area contributed by atoms with E-state index in [1.165, 1.54) is 25.7 Å². The Labute approximate surface area is 139 Å². The fraction of sp³-hybridized carbons (Fsp3) is 0.500. The summed E-state index contributed by atoms with van der Waals surface area (Å²) in [7, 11) is 0. The average molecular weight is 318 g/mol. The molecule has 0 radical (unpaired) electrons. The van der Waals surface area contributed by atoms with Crippen LogP contribution in [0.15, 0.2) is 47.7 Å². The zero-order valence-electron chi connectivity index (χ0n) is 13.5. The maximum Gasteiger partial charge on any atom is 0.104 e. The summed E-state index contributed by atoms with van der Waals surface area (Å²) in [6.07, 6.45) is 14.2. The van der Waals surface area contributed by atoms with Gasteiger partial charge in [-0.05, 0) is 37.9 Å². The summed E-state index contributed by atoms with van der Waals surface area (Å²) in [5.74, 6) is 0.316. The predicted octanol–water partition coefficient (Wildman–Crippen LogP) is 4.23. The molecule has 0 amide bonds. The molecule has 0 aromatic rings. The van der Waals surface area contributed by atoms with Gasteiger partial charge < -0.3 is 11.1 Å². The van der Waals surface area contributed by atoms with Gasteiger partial charge in [0, 0.05) is 11.7 Å². The quantitative estimate of drug-likeness (QED) is 0.379. The standard InChI is InChI=1S/C18H27N3S/c1-4-8-14(5-2)11-12-17(20)16(13-19)18(22-3)21-15-9-6-7-10-15/h4-5,12,14-15,21H,1-2,6-11,20H2,3H3/b17-12-,18-16-. The Morgan fingerprint density at radius 3 is 2.59 bits per heavy atom. The van der Waals surface area contributed by atoms with Gasteiger partial charge in [0.2, 0.25) is 0 Å². The van der Waals surface area contributed by atoms with Gasteiger partial charge in [-0.15, -0.1) is 24.9 Å². The number of nitriles is 1. The smallest absolute Gasteiger partial charge is 0.104 e. The van der Waals surface area contributed by atoms with Crippen molar-refractivity contribution in [3.63, 3.8) is 0 Å². The molecule has 0 aromatic carbocycles. The normalized spacial score (nSPS) is 18.3. The number of allylic oxidation sites excluding steroid dienone is 4. The van der Waals surface area contributed by atoms with Crippen LogP contribution in [0.2, 0.25) is 0 Å². The first kappa shape index (κ1) is 18.4. The van der Waals surface area contributed by atoms with Crippen LogP contribution in [-0.2, 0) is 0 Å². The molecular formula is C18H27N3S. The predicted molar refractivity (Wildman–Crippen MR) is 96.9 cm³/mol. The van der Waals surface area contributed by atoms with Gasteiger partial charge in [0.1, 0.15) is 11.6 Å². The van der Waals surface area contributed by atoms with Crippen LogP contribution in [0.1, 0.15) is 38.5 Å².